The Hall–Kier alpha value is -3.29. The summed E-state index contributed by atoms with van der Waals surface area (Å²) < 4.78 is 34.3. The number of carbonyl (C=O) groups is 1. The van der Waals surface area contributed by atoms with Crippen LogP contribution in [0.25, 0.3) is 0 Å². The zero-order valence-electron chi connectivity index (χ0n) is 14.3. The first kappa shape index (κ1) is 17.1. The van der Waals surface area contributed by atoms with Gasteiger partial charge in [0.1, 0.15) is 23.9 Å². The van der Waals surface area contributed by atoms with Crippen molar-refractivity contribution in [3.8, 4) is 5.75 Å². The van der Waals surface area contributed by atoms with Crippen LogP contribution in [-0.4, -0.2) is 32.1 Å². The first-order chi connectivity index (χ1) is 13.1. The van der Waals surface area contributed by atoms with E-state index in [1.165, 1.54) is 4.90 Å². The van der Waals surface area contributed by atoms with Gasteiger partial charge < -0.3 is 9.64 Å². The Labute approximate surface area is 154 Å². The number of nitrogens with zero attached hydrogens (tertiary/aromatic N) is 4. The van der Waals surface area contributed by atoms with Gasteiger partial charge in [-0.05, 0) is 18.2 Å². The molecule has 1 aliphatic rings. The van der Waals surface area contributed by atoms with Crippen molar-refractivity contribution in [1.29, 1.82) is 0 Å². The van der Waals surface area contributed by atoms with Crippen LogP contribution in [0.5, 0.6) is 5.75 Å². The molecule has 0 N–H and O–H groups in total. The predicted octanol–water partition coefficient (Wildman–Crippen LogP) is 2.79. The molecule has 3 aromatic rings. The maximum absolute atomic E-state index is 13.8. The Balaban J connectivity index is 1.45. The van der Waals surface area contributed by atoms with Crippen molar-refractivity contribution in [2.24, 2.45) is 0 Å². The predicted molar refractivity (Wildman–Crippen MR) is 91.9 cm³/mol. The van der Waals surface area contributed by atoms with Gasteiger partial charge in [-0.15, -0.1) is 0 Å². The lowest BCUT2D eigenvalue weighted by Gasteiger charge is -2.27. The summed E-state index contributed by atoms with van der Waals surface area (Å²) >= 11 is 0. The highest BCUT2D eigenvalue weighted by atomic mass is 19.1. The number of hydrogen-bond donors (Lipinski definition) is 0. The molecule has 0 unspecified atom stereocenters. The second-order valence-corrected chi connectivity index (χ2v) is 6.16. The monoisotopic (exact) mass is 370 g/mol. The molecule has 4 rings (SSSR count). The standard InChI is InChI=1S/C19H16F2N4O2/c20-13-8-17(21)18(22-10-13)19(26)24-6-7-25-15(11-24)9-14(23-25)12-27-16-4-2-1-3-5-16/h1-5,8-10H,6-7,11-12H2. The molecule has 0 fully saturated rings. The number of carbonyl (C=O) groups excluding carboxylic acids is 1. The van der Waals surface area contributed by atoms with Crippen LogP contribution in [0.2, 0.25) is 0 Å². The largest absolute Gasteiger partial charge is 0.487 e. The summed E-state index contributed by atoms with van der Waals surface area (Å²) in [5, 5.41) is 4.48. The minimum atomic E-state index is -0.962. The van der Waals surface area contributed by atoms with E-state index in [4.69, 9.17) is 4.74 Å². The van der Waals surface area contributed by atoms with Crippen molar-refractivity contribution in [3.05, 3.63) is 77.4 Å². The Kier molecular flexibility index (Phi) is 4.53. The maximum Gasteiger partial charge on any atom is 0.275 e. The number of para-hydroxylation sites is 1. The number of halogens is 2. The normalized spacial score (nSPS) is 13.3. The maximum atomic E-state index is 13.8. The fourth-order valence-corrected chi connectivity index (χ4v) is 2.97. The smallest absolute Gasteiger partial charge is 0.275 e. The van der Waals surface area contributed by atoms with E-state index in [0.717, 1.165) is 23.3 Å². The van der Waals surface area contributed by atoms with Gasteiger partial charge >= 0.3 is 0 Å². The highest BCUT2D eigenvalue weighted by Crippen LogP contribution is 2.18. The van der Waals surface area contributed by atoms with Crippen molar-refractivity contribution < 1.29 is 18.3 Å². The van der Waals surface area contributed by atoms with Gasteiger partial charge in [-0.25, -0.2) is 13.8 Å². The van der Waals surface area contributed by atoms with E-state index < -0.39 is 17.5 Å². The first-order valence-corrected chi connectivity index (χ1v) is 8.44. The molecule has 0 bridgehead atoms. The Morgan fingerprint density at radius 2 is 1.96 bits per heavy atom. The molecule has 27 heavy (non-hydrogen) atoms. The third-order valence-electron chi connectivity index (χ3n) is 4.28. The van der Waals surface area contributed by atoms with Gasteiger partial charge in [0.25, 0.3) is 5.91 Å². The van der Waals surface area contributed by atoms with Gasteiger partial charge in [0.2, 0.25) is 0 Å². The lowest BCUT2D eigenvalue weighted by Crippen LogP contribution is -2.39. The number of pyridine rings is 1. The number of benzene rings is 1. The lowest BCUT2D eigenvalue weighted by molar-refractivity contribution is 0.0694. The topological polar surface area (TPSA) is 60.2 Å². The van der Waals surface area contributed by atoms with Crippen LogP contribution < -0.4 is 4.74 Å². The van der Waals surface area contributed by atoms with Crippen molar-refractivity contribution >= 4 is 5.91 Å². The second-order valence-electron chi connectivity index (χ2n) is 6.16. The molecular formula is C19H16F2N4O2. The minimum absolute atomic E-state index is 0.273. The number of hydrogen-bond acceptors (Lipinski definition) is 4. The van der Waals surface area contributed by atoms with E-state index in [2.05, 4.69) is 10.1 Å². The van der Waals surface area contributed by atoms with Gasteiger partial charge in [-0.1, -0.05) is 18.2 Å². The molecule has 3 heterocycles. The molecule has 0 atom stereocenters. The molecule has 1 aliphatic heterocycles. The van der Waals surface area contributed by atoms with Crippen molar-refractivity contribution in [2.75, 3.05) is 6.54 Å². The highest BCUT2D eigenvalue weighted by Gasteiger charge is 2.26. The van der Waals surface area contributed by atoms with Crippen LogP contribution in [0.4, 0.5) is 8.78 Å². The van der Waals surface area contributed by atoms with Crippen molar-refractivity contribution in [2.45, 2.75) is 19.7 Å². The van der Waals surface area contributed by atoms with E-state index >= 15 is 0 Å². The summed E-state index contributed by atoms with van der Waals surface area (Å²) in [6.07, 6.45) is 0.837. The minimum Gasteiger partial charge on any atom is -0.487 e. The van der Waals surface area contributed by atoms with E-state index in [1.807, 2.05) is 41.1 Å². The summed E-state index contributed by atoms with van der Waals surface area (Å²) in [6, 6.07) is 11.9. The summed E-state index contributed by atoms with van der Waals surface area (Å²) in [5.74, 6) is -1.60. The van der Waals surface area contributed by atoms with Crippen molar-refractivity contribution in [1.82, 2.24) is 19.7 Å². The summed E-state index contributed by atoms with van der Waals surface area (Å²) in [5.41, 5.74) is 1.19. The molecule has 0 saturated carbocycles. The average Bonchev–Trinajstić information content (AvgIpc) is 3.09. The number of aromatic nitrogens is 3. The van der Waals surface area contributed by atoms with Gasteiger partial charge in [0, 0.05) is 12.6 Å². The van der Waals surface area contributed by atoms with Gasteiger partial charge in [0.15, 0.2) is 11.5 Å². The van der Waals surface area contributed by atoms with Gasteiger partial charge in [0.05, 0.1) is 25.0 Å². The first-order valence-electron chi connectivity index (χ1n) is 8.44. The molecule has 138 valence electrons. The average molecular weight is 370 g/mol. The van der Waals surface area contributed by atoms with Gasteiger partial charge in [-0.2, -0.15) is 5.10 Å². The zero-order valence-corrected chi connectivity index (χ0v) is 14.3. The zero-order chi connectivity index (χ0) is 18.8. The quantitative estimate of drug-likeness (QED) is 0.709. The van der Waals surface area contributed by atoms with E-state index in [0.29, 0.717) is 25.8 Å². The molecule has 1 aromatic carbocycles. The Morgan fingerprint density at radius 3 is 2.74 bits per heavy atom. The number of amides is 1. The molecule has 8 heteroatoms. The third-order valence-corrected chi connectivity index (χ3v) is 4.28. The molecule has 2 aromatic heterocycles. The molecule has 0 radical (unpaired) electrons. The molecule has 1 amide bonds. The Bertz CT molecular complexity index is 975. The molecular weight excluding hydrogens is 354 g/mol. The van der Waals surface area contributed by atoms with E-state index in [9.17, 15) is 13.6 Å². The summed E-state index contributed by atoms with van der Waals surface area (Å²) in [4.78, 5) is 17.6. The SMILES string of the molecule is O=C(c1ncc(F)cc1F)N1CCn2nc(COc3ccccc3)cc2C1. The van der Waals surface area contributed by atoms with Crippen LogP contribution in [-0.2, 0) is 19.7 Å². The fourth-order valence-electron chi connectivity index (χ4n) is 2.97. The van der Waals surface area contributed by atoms with Crippen LogP contribution in [0.1, 0.15) is 21.9 Å². The number of ether oxygens (including phenoxy) is 1. The Morgan fingerprint density at radius 1 is 1.15 bits per heavy atom. The van der Waals surface area contributed by atoms with Crippen LogP contribution in [0.3, 0.4) is 0 Å². The summed E-state index contributed by atoms with van der Waals surface area (Å²) in [7, 11) is 0. The fraction of sp³-hybridized carbons (Fsp3) is 0.211. The summed E-state index contributed by atoms with van der Waals surface area (Å²) in [6.45, 7) is 1.43. The van der Waals surface area contributed by atoms with Crippen LogP contribution in [0, 0.1) is 11.6 Å². The lowest BCUT2D eigenvalue weighted by atomic mass is 10.2. The van der Waals surface area contributed by atoms with Gasteiger partial charge in [-0.3, -0.25) is 9.48 Å². The third kappa shape index (κ3) is 3.64. The molecule has 0 spiro atoms. The van der Waals surface area contributed by atoms with E-state index in [-0.39, 0.29) is 12.2 Å². The molecule has 0 aliphatic carbocycles. The molecule has 0 saturated heterocycles. The second kappa shape index (κ2) is 7.14. The highest BCUT2D eigenvalue weighted by molar-refractivity contribution is 5.92. The van der Waals surface area contributed by atoms with Crippen molar-refractivity contribution in [3.63, 3.8) is 0 Å². The van der Waals surface area contributed by atoms with E-state index in [1.54, 1.807) is 0 Å². The van der Waals surface area contributed by atoms with Crippen LogP contribution in [0.15, 0.2) is 48.7 Å². The number of fused-ring (bicyclic) bond motifs is 1. The number of rotatable bonds is 4. The molecule has 6 nitrogen and oxygen atoms in total. The van der Waals surface area contributed by atoms with Crippen LogP contribution >= 0.6 is 0 Å².